The molecule has 2 atom stereocenters. The molecule has 3 amide bonds. The number of amides is 3. The van der Waals surface area contributed by atoms with Gasteiger partial charge < -0.3 is 10.1 Å². The Morgan fingerprint density at radius 3 is 2.34 bits per heavy atom. The molecule has 2 unspecified atom stereocenters. The second kappa shape index (κ2) is 6.35. The summed E-state index contributed by atoms with van der Waals surface area (Å²) in [6, 6.07) is 13.9. The summed E-state index contributed by atoms with van der Waals surface area (Å²) < 4.78 is 6.17. The molecule has 2 aromatic rings. The van der Waals surface area contributed by atoms with E-state index in [9.17, 15) is 19.2 Å². The van der Waals surface area contributed by atoms with Crippen LogP contribution in [0, 0.1) is 0 Å². The molecule has 146 valence electrons. The lowest BCUT2D eigenvalue weighted by Gasteiger charge is -2.36. The Morgan fingerprint density at radius 2 is 1.62 bits per heavy atom. The fraction of sp³-hybridized carbons (Fsp3) is 0.273. The molecule has 7 heteroatoms. The molecule has 5 rings (SSSR count). The average Bonchev–Trinajstić information content (AvgIpc) is 3.12. The number of imide groups is 1. The number of benzene rings is 2. The predicted octanol–water partition coefficient (Wildman–Crippen LogP) is 2.27. The molecule has 3 heterocycles. The van der Waals surface area contributed by atoms with Gasteiger partial charge in [0.25, 0.3) is 17.7 Å². The smallest absolute Gasteiger partial charge is 0.261 e. The van der Waals surface area contributed by atoms with Crippen molar-refractivity contribution < 1.29 is 23.9 Å². The number of fused-ring (bicyclic) bond motifs is 3. The Balaban J connectivity index is 1.36. The van der Waals surface area contributed by atoms with Gasteiger partial charge in [-0.05, 0) is 24.6 Å². The van der Waals surface area contributed by atoms with E-state index in [1.165, 1.54) is 4.90 Å². The van der Waals surface area contributed by atoms with Gasteiger partial charge in [0, 0.05) is 30.6 Å². The van der Waals surface area contributed by atoms with Crippen molar-refractivity contribution in [1.29, 1.82) is 0 Å². The number of hydrogen-bond donors (Lipinski definition) is 1. The summed E-state index contributed by atoms with van der Waals surface area (Å²) in [4.78, 5) is 51.5. The van der Waals surface area contributed by atoms with Crippen LogP contribution in [0.15, 0.2) is 48.5 Å². The van der Waals surface area contributed by atoms with E-state index in [0.29, 0.717) is 22.4 Å². The number of anilines is 1. The molecule has 1 spiro atoms. The highest BCUT2D eigenvalue weighted by Gasteiger charge is 2.53. The van der Waals surface area contributed by atoms with E-state index < -0.39 is 11.7 Å². The number of nitrogens with zero attached hydrogens (tertiary/aromatic N) is 1. The Kier molecular flexibility index (Phi) is 3.89. The van der Waals surface area contributed by atoms with Crippen molar-refractivity contribution in [2.45, 2.75) is 31.0 Å². The van der Waals surface area contributed by atoms with Gasteiger partial charge in [-0.3, -0.25) is 24.1 Å². The first-order valence-electron chi connectivity index (χ1n) is 9.55. The highest BCUT2D eigenvalue weighted by Crippen LogP contribution is 2.45. The van der Waals surface area contributed by atoms with Crippen LogP contribution in [-0.4, -0.2) is 41.1 Å². The fourth-order valence-electron chi connectivity index (χ4n) is 4.43. The Labute approximate surface area is 166 Å². The molecule has 2 aromatic carbocycles. The van der Waals surface area contributed by atoms with Gasteiger partial charge in [0.15, 0.2) is 5.60 Å². The molecule has 0 radical (unpaired) electrons. The Morgan fingerprint density at radius 1 is 0.966 bits per heavy atom. The molecule has 0 saturated carbocycles. The topological polar surface area (TPSA) is 92.8 Å². The molecule has 1 saturated heterocycles. The highest BCUT2D eigenvalue weighted by molar-refractivity contribution is 6.21. The van der Waals surface area contributed by atoms with Gasteiger partial charge in [-0.15, -0.1) is 0 Å². The summed E-state index contributed by atoms with van der Waals surface area (Å²) in [5.41, 5.74) is 0.742. The normalized spacial score (nSPS) is 25.4. The summed E-state index contributed by atoms with van der Waals surface area (Å²) in [7, 11) is 0. The minimum absolute atomic E-state index is 0.0145. The Hall–Kier alpha value is -3.32. The van der Waals surface area contributed by atoms with Crippen molar-refractivity contribution in [3.8, 4) is 0 Å². The number of nitrogens with one attached hydrogen (secondary N) is 1. The lowest BCUT2D eigenvalue weighted by atomic mass is 9.84. The second-order valence-electron chi connectivity index (χ2n) is 7.58. The molecule has 7 nitrogen and oxygen atoms in total. The van der Waals surface area contributed by atoms with Crippen LogP contribution in [0.4, 0.5) is 5.69 Å². The molecule has 1 fully saturated rings. The number of carbonyl (C=O) groups is 4. The maximum Gasteiger partial charge on any atom is 0.261 e. The third kappa shape index (κ3) is 2.61. The van der Waals surface area contributed by atoms with Gasteiger partial charge >= 0.3 is 0 Å². The van der Waals surface area contributed by atoms with Gasteiger partial charge in [0.1, 0.15) is 5.78 Å². The maximum atomic E-state index is 12.7. The van der Waals surface area contributed by atoms with Gasteiger partial charge in [0.2, 0.25) is 0 Å². The van der Waals surface area contributed by atoms with E-state index >= 15 is 0 Å². The summed E-state index contributed by atoms with van der Waals surface area (Å²) >= 11 is 0. The van der Waals surface area contributed by atoms with E-state index in [0.717, 1.165) is 0 Å². The number of rotatable bonds is 3. The molecular weight excluding hydrogens is 372 g/mol. The van der Waals surface area contributed by atoms with Gasteiger partial charge in [0.05, 0.1) is 17.2 Å². The minimum Gasteiger partial charge on any atom is -0.356 e. The molecule has 3 aliphatic rings. The first kappa shape index (κ1) is 17.8. The number of ether oxygens (including phenoxy) is 1. The first-order valence-corrected chi connectivity index (χ1v) is 9.55. The van der Waals surface area contributed by atoms with Crippen LogP contribution in [0.5, 0.6) is 0 Å². The molecular formula is C22H18N2O5. The van der Waals surface area contributed by atoms with Crippen LogP contribution in [-0.2, 0) is 19.9 Å². The van der Waals surface area contributed by atoms with Crippen molar-refractivity contribution in [2.24, 2.45) is 0 Å². The largest absolute Gasteiger partial charge is 0.356 e. The molecule has 0 bridgehead atoms. The number of para-hydroxylation sites is 1. The quantitative estimate of drug-likeness (QED) is 0.812. The summed E-state index contributed by atoms with van der Waals surface area (Å²) in [5.74, 6) is -1.11. The highest BCUT2D eigenvalue weighted by atomic mass is 16.5. The third-order valence-corrected chi connectivity index (χ3v) is 5.80. The third-order valence-electron chi connectivity index (χ3n) is 5.80. The fourth-order valence-corrected chi connectivity index (χ4v) is 4.43. The molecule has 0 aromatic heterocycles. The SMILES string of the molecule is O=C1CC(CCN2C(=O)c3ccccc3C2=O)OC2(C1)C(=O)Nc1ccccc12. The molecule has 3 aliphatic heterocycles. The van der Waals surface area contributed by atoms with E-state index in [-0.39, 0.29) is 49.3 Å². The zero-order chi connectivity index (χ0) is 20.2. The maximum absolute atomic E-state index is 12.7. The van der Waals surface area contributed by atoms with Crippen LogP contribution >= 0.6 is 0 Å². The monoisotopic (exact) mass is 390 g/mol. The molecule has 1 N–H and O–H groups in total. The van der Waals surface area contributed by atoms with E-state index in [1.807, 2.05) is 6.07 Å². The lowest BCUT2D eigenvalue weighted by Crippen LogP contribution is -2.48. The van der Waals surface area contributed by atoms with Crippen LogP contribution in [0.3, 0.4) is 0 Å². The molecule has 29 heavy (non-hydrogen) atoms. The summed E-state index contributed by atoms with van der Waals surface area (Å²) in [6.45, 7) is 0.129. The van der Waals surface area contributed by atoms with Crippen LogP contribution < -0.4 is 5.32 Å². The van der Waals surface area contributed by atoms with Crippen LogP contribution in [0.2, 0.25) is 0 Å². The van der Waals surface area contributed by atoms with Crippen molar-refractivity contribution in [1.82, 2.24) is 4.90 Å². The molecule has 0 aliphatic carbocycles. The zero-order valence-electron chi connectivity index (χ0n) is 15.5. The van der Waals surface area contributed by atoms with Crippen molar-refractivity contribution in [3.63, 3.8) is 0 Å². The lowest BCUT2D eigenvalue weighted by molar-refractivity contribution is -0.170. The van der Waals surface area contributed by atoms with E-state index in [1.54, 1.807) is 42.5 Å². The van der Waals surface area contributed by atoms with Crippen molar-refractivity contribution >= 4 is 29.2 Å². The van der Waals surface area contributed by atoms with Gasteiger partial charge in [-0.2, -0.15) is 0 Å². The first-order chi connectivity index (χ1) is 14.0. The minimum atomic E-state index is -1.33. The summed E-state index contributed by atoms with van der Waals surface area (Å²) in [6.07, 6.45) is -0.133. The zero-order valence-corrected chi connectivity index (χ0v) is 15.5. The van der Waals surface area contributed by atoms with E-state index in [4.69, 9.17) is 4.74 Å². The number of Topliss-reactive ketones (excluding diaryl/α,β-unsaturated/α-hetero) is 1. The van der Waals surface area contributed by atoms with Crippen LogP contribution in [0.1, 0.15) is 45.5 Å². The number of ketones is 1. The van der Waals surface area contributed by atoms with Crippen LogP contribution in [0.25, 0.3) is 0 Å². The van der Waals surface area contributed by atoms with Gasteiger partial charge in [-0.25, -0.2) is 0 Å². The predicted molar refractivity (Wildman–Crippen MR) is 102 cm³/mol. The standard InChI is InChI=1S/C22H18N2O5/c25-13-11-14(9-10-24-19(26)15-5-1-2-6-16(15)20(24)27)29-22(12-13)17-7-3-4-8-18(17)23-21(22)28/h1-8,14H,9-12H2,(H,23,28). The van der Waals surface area contributed by atoms with Crippen molar-refractivity contribution in [3.05, 3.63) is 65.2 Å². The summed E-state index contributed by atoms with van der Waals surface area (Å²) in [5, 5.41) is 2.79. The van der Waals surface area contributed by atoms with Gasteiger partial charge in [-0.1, -0.05) is 30.3 Å². The Bertz CT molecular complexity index is 1040. The number of carbonyl (C=O) groups excluding carboxylic acids is 4. The number of hydrogen-bond acceptors (Lipinski definition) is 5. The van der Waals surface area contributed by atoms with Crippen molar-refractivity contribution in [2.75, 3.05) is 11.9 Å². The van der Waals surface area contributed by atoms with E-state index in [2.05, 4.69) is 5.32 Å². The average molecular weight is 390 g/mol. The second-order valence-corrected chi connectivity index (χ2v) is 7.58.